The summed E-state index contributed by atoms with van der Waals surface area (Å²) in [7, 11) is 1.57. The van der Waals surface area contributed by atoms with Crippen molar-refractivity contribution in [2.45, 2.75) is 59.5 Å². The third-order valence-electron chi connectivity index (χ3n) is 6.10. The van der Waals surface area contributed by atoms with Gasteiger partial charge in [0, 0.05) is 19.0 Å². The Bertz CT molecular complexity index is 1270. The van der Waals surface area contributed by atoms with Crippen molar-refractivity contribution in [1.82, 2.24) is 19.8 Å². The molecule has 0 atom stereocenters. The Labute approximate surface area is 193 Å². The van der Waals surface area contributed by atoms with Crippen LogP contribution >= 0.6 is 0 Å². The maximum Gasteiger partial charge on any atom is 0.368 e. The zero-order valence-electron chi connectivity index (χ0n) is 19.7. The summed E-state index contributed by atoms with van der Waals surface area (Å²) >= 11 is 0. The minimum Gasteiger partial charge on any atom is -0.475 e. The number of tetrazole rings is 1. The molecule has 0 spiro atoms. The minimum atomic E-state index is -0.309. The molecule has 0 saturated heterocycles. The van der Waals surface area contributed by atoms with Crippen LogP contribution in [-0.2, 0) is 31.2 Å². The Balaban J connectivity index is 1.53. The van der Waals surface area contributed by atoms with Crippen molar-refractivity contribution in [2.24, 2.45) is 17.3 Å². The highest BCUT2D eigenvalue weighted by Crippen LogP contribution is 2.23. The van der Waals surface area contributed by atoms with Gasteiger partial charge >= 0.3 is 5.69 Å². The first-order valence-electron chi connectivity index (χ1n) is 11.4. The number of aryl methyl sites for hydroxylation is 4. The number of aromatic nitrogens is 4. The topological polar surface area (TPSA) is 86.7 Å². The van der Waals surface area contributed by atoms with Crippen LogP contribution in [0.2, 0.25) is 0 Å². The summed E-state index contributed by atoms with van der Waals surface area (Å²) in [5.41, 5.74) is 7.03. The lowest BCUT2D eigenvalue weighted by Gasteiger charge is -2.16. The highest BCUT2D eigenvalue weighted by Gasteiger charge is 2.14. The molecule has 1 aromatic heterocycles. The molecule has 0 amide bonds. The molecule has 33 heavy (non-hydrogen) atoms. The first-order chi connectivity index (χ1) is 16.0. The van der Waals surface area contributed by atoms with Crippen LogP contribution in [0.15, 0.2) is 51.4 Å². The molecule has 2 aromatic carbocycles. The van der Waals surface area contributed by atoms with Gasteiger partial charge in [0.25, 0.3) is 0 Å². The fraction of sp³-hybridized carbons (Fsp3) is 0.400. The summed E-state index contributed by atoms with van der Waals surface area (Å²) < 4.78 is 8.50. The van der Waals surface area contributed by atoms with Crippen LogP contribution in [0.25, 0.3) is 5.69 Å². The number of hydrogen-bond donors (Lipinski definition) is 0. The number of benzene rings is 2. The van der Waals surface area contributed by atoms with Crippen LogP contribution in [0.5, 0.6) is 0 Å². The Morgan fingerprint density at radius 3 is 2.61 bits per heavy atom. The summed E-state index contributed by atoms with van der Waals surface area (Å²) in [4.78, 5) is 12.3. The molecule has 1 aliphatic rings. The zero-order chi connectivity index (χ0) is 23.4. The van der Waals surface area contributed by atoms with Gasteiger partial charge in [0.05, 0.1) is 11.4 Å². The molecule has 1 aliphatic carbocycles. The molecule has 172 valence electrons. The first-order valence-corrected chi connectivity index (χ1v) is 11.4. The average molecular weight is 447 g/mol. The number of ether oxygens (including phenoxy) is 1. The van der Waals surface area contributed by atoms with E-state index >= 15 is 0 Å². The molecule has 0 saturated carbocycles. The molecule has 0 radical (unpaired) electrons. The van der Waals surface area contributed by atoms with Crippen LogP contribution in [0.3, 0.4) is 0 Å². The van der Waals surface area contributed by atoms with Crippen LogP contribution in [-0.4, -0.2) is 31.4 Å². The summed E-state index contributed by atoms with van der Waals surface area (Å²) in [6, 6.07) is 12.3. The highest BCUT2D eigenvalue weighted by molar-refractivity contribution is 5.99. The Morgan fingerprint density at radius 1 is 1.09 bits per heavy atom. The molecule has 1 heterocycles. The number of rotatable bonds is 6. The van der Waals surface area contributed by atoms with Crippen molar-refractivity contribution < 1.29 is 4.74 Å². The van der Waals surface area contributed by atoms with Gasteiger partial charge in [-0.25, -0.2) is 4.79 Å². The van der Waals surface area contributed by atoms with E-state index in [1.54, 1.807) is 7.05 Å². The van der Waals surface area contributed by atoms with Crippen molar-refractivity contribution >= 4 is 11.6 Å². The molecular weight excluding hydrogens is 416 g/mol. The molecule has 3 aromatic rings. The SMILES string of the molecule is CC/C(=N\N=C(\C)c1ccc2c(c1)CCCC2)OCc1c(C)cccc1-n1nnn(C)c1=O. The molecule has 0 fully saturated rings. The highest BCUT2D eigenvalue weighted by atomic mass is 16.5. The second kappa shape index (κ2) is 9.94. The van der Waals surface area contributed by atoms with Crippen molar-refractivity contribution in [3.05, 3.63) is 74.7 Å². The van der Waals surface area contributed by atoms with E-state index in [9.17, 15) is 4.79 Å². The number of fused-ring (bicyclic) bond motifs is 1. The molecule has 0 aliphatic heterocycles. The molecule has 0 unspecified atom stereocenters. The van der Waals surface area contributed by atoms with Crippen LogP contribution in [0.4, 0.5) is 0 Å². The molecule has 8 nitrogen and oxygen atoms in total. The summed E-state index contributed by atoms with van der Waals surface area (Å²) in [6.07, 6.45) is 5.43. The van der Waals surface area contributed by atoms with Gasteiger partial charge in [-0.1, -0.05) is 31.2 Å². The summed E-state index contributed by atoms with van der Waals surface area (Å²) in [5.74, 6) is 0.535. The molecule has 8 heteroatoms. The Hall–Kier alpha value is -3.55. The second-order valence-electron chi connectivity index (χ2n) is 8.38. The average Bonchev–Trinajstić information content (AvgIpc) is 3.17. The normalized spacial score (nSPS) is 14.3. The van der Waals surface area contributed by atoms with Gasteiger partial charge < -0.3 is 4.74 Å². The van der Waals surface area contributed by atoms with Gasteiger partial charge in [-0.15, -0.1) is 5.10 Å². The maximum atomic E-state index is 12.3. The number of hydrogen-bond acceptors (Lipinski definition) is 6. The van der Waals surface area contributed by atoms with E-state index in [4.69, 9.17) is 4.74 Å². The van der Waals surface area contributed by atoms with E-state index in [2.05, 4.69) is 38.8 Å². The van der Waals surface area contributed by atoms with Gasteiger partial charge in [-0.05, 0) is 84.3 Å². The van der Waals surface area contributed by atoms with Crippen LogP contribution in [0, 0.1) is 6.92 Å². The van der Waals surface area contributed by atoms with E-state index < -0.39 is 0 Å². The van der Waals surface area contributed by atoms with Crippen LogP contribution < -0.4 is 5.69 Å². The van der Waals surface area contributed by atoms with Crippen molar-refractivity contribution in [1.29, 1.82) is 0 Å². The van der Waals surface area contributed by atoms with Gasteiger partial charge in [0.1, 0.15) is 6.61 Å². The van der Waals surface area contributed by atoms with E-state index in [0.29, 0.717) is 18.0 Å². The number of nitrogens with zero attached hydrogens (tertiary/aromatic N) is 6. The predicted molar refractivity (Wildman–Crippen MR) is 129 cm³/mol. The smallest absolute Gasteiger partial charge is 0.368 e. The molecule has 0 bridgehead atoms. The third-order valence-corrected chi connectivity index (χ3v) is 6.10. The summed E-state index contributed by atoms with van der Waals surface area (Å²) in [6.45, 7) is 6.19. The summed E-state index contributed by atoms with van der Waals surface area (Å²) in [5, 5.41) is 16.6. The lowest BCUT2D eigenvalue weighted by Crippen LogP contribution is -2.23. The molecular formula is C25H30N6O2. The monoisotopic (exact) mass is 446 g/mol. The fourth-order valence-electron chi connectivity index (χ4n) is 4.04. The van der Waals surface area contributed by atoms with Crippen LogP contribution in [0.1, 0.15) is 60.9 Å². The molecule has 0 N–H and O–H groups in total. The fourth-order valence-corrected chi connectivity index (χ4v) is 4.04. The largest absolute Gasteiger partial charge is 0.475 e. The standard InChI is InChI=1S/C25H30N6O2/c1-5-24(27-26-18(3)20-14-13-19-10-6-7-11-21(19)15-20)33-16-22-17(2)9-8-12-23(22)31-25(32)30(4)28-29-31/h8-9,12-15H,5-7,10-11,16H2,1-4H3/b26-18-,27-24+. The Kier molecular flexibility index (Phi) is 6.82. The van der Waals surface area contributed by atoms with E-state index in [-0.39, 0.29) is 12.3 Å². The van der Waals surface area contributed by atoms with E-state index in [1.165, 1.54) is 39.8 Å². The van der Waals surface area contributed by atoms with E-state index in [0.717, 1.165) is 28.8 Å². The van der Waals surface area contributed by atoms with E-state index in [1.807, 2.05) is 39.0 Å². The van der Waals surface area contributed by atoms with Crippen molar-refractivity contribution in [3.8, 4) is 5.69 Å². The predicted octanol–water partition coefficient (Wildman–Crippen LogP) is 3.90. The van der Waals surface area contributed by atoms with Gasteiger partial charge in [0.2, 0.25) is 5.90 Å². The first kappa shape index (κ1) is 22.6. The second-order valence-corrected chi connectivity index (χ2v) is 8.38. The quantitative estimate of drug-likeness (QED) is 0.326. The molecule has 4 rings (SSSR count). The van der Waals surface area contributed by atoms with Crippen molar-refractivity contribution in [3.63, 3.8) is 0 Å². The maximum absolute atomic E-state index is 12.3. The van der Waals surface area contributed by atoms with Gasteiger partial charge in [0.15, 0.2) is 0 Å². The Morgan fingerprint density at radius 2 is 1.88 bits per heavy atom. The van der Waals surface area contributed by atoms with Crippen molar-refractivity contribution in [2.75, 3.05) is 0 Å². The lowest BCUT2D eigenvalue weighted by molar-refractivity contribution is 0.282. The van der Waals surface area contributed by atoms with Gasteiger partial charge in [-0.3, -0.25) is 0 Å². The minimum absolute atomic E-state index is 0.255. The zero-order valence-corrected chi connectivity index (χ0v) is 19.7. The lowest BCUT2D eigenvalue weighted by atomic mass is 9.90. The van der Waals surface area contributed by atoms with Gasteiger partial charge in [-0.2, -0.15) is 14.5 Å². The third kappa shape index (κ3) is 4.94.